The number of aryl methyl sites for hydroxylation is 1. The molecule has 2 N–H and O–H groups in total. The summed E-state index contributed by atoms with van der Waals surface area (Å²) in [4.78, 5) is 15.8. The van der Waals surface area contributed by atoms with Crippen molar-refractivity contribution in [3.63, 3.8) is 0 Å². The monoisotopic (exact) mass is 559 g/mol. The smallest absolute Gasteiger partial charge is 0.250 e. The maximum absolute atomic E-state index is 5.47. The molecule has 1 aliphatic rings. The molecule has 1 fully saturated rings. The van der Waals surface area contributed by atoms with Crippen molar-refractivity contribution in [2.75, 3.05) is 41.9 Å². The highest BCUT2D eigenvalue weighted by Gasteiger charge is 2.17. The van der Waals surface area contributed by atoms with Crippen molar-refractivity contribution in [1.29, 1.82) is 0 Å². The third-order valence-electron chi connectivity index (χ3n) is 4.87. The lowest BCUT2D eigenvalue weighted by atomic mass is 10.1. The van der Waals surface area contributed by atoms with Crippen LogP contribution in [0.4, 0.5) is 23.5 Å². The zero-order valence-electron chi connectivity index (χ0n) is 17.8. The molecule has 2 aromatic carbocycles. The fourth-order valence-electron chi connectivity index (χ4n) is 3.11. The Labute approximate surface area is 203 Å². The molecule has 3 aromatic rings. The quantitative estimate of drug-likeness (QED) is 0.319. The number of rotatable bonds is 6. The highest BCUT2D eigenvalue weighted by molar-refractivity contribution is 9.10. The molecule has 32 heavy (non-hydrogen) atoms. The maximum atomic E-state index is 5.47. The second-order valence-corrected chi connectivity index (χ2v) is 9.08. The van der Waals surface area contributed by atoms with E-state index in [4.69, 9.17) is 4.74 Å². The summed E-state index contributed by atoms with van der Waals surface area (Å²) in [5, 5.41) is 7.76. The number of morpholine rings is 1. The van der Waals surface area contributed by atoms with E-state index in [1.54, 1.807) is 0 Å². The zero-order valence-corrected chi connectivity index (χ0v) is 20.9. The minimum Gasteiger partial charge on any atom is -0.378 e. The van der Waals surface area contributed by atoms with E-state index in [0.717, 1.165) is 44.6 Å². The van der Waals surface area contributed by atoms with Gasteiger partial charge in [-0.05, 0) is 65.2 Å². The molecule has 0 saturated carbocycles. The van der Waals surface area contributed by atoms with E-state index in [1.807, 2.05) is 56.3 Å². The summed E-state index contributed by atoms with van der Waals surface area (Å²) in [5.74, 6) is 1.38. The molecule has 166 valence electrons. The Bertz CT molecular complexity index is 1120. The Hall–Kier alpha value is -2.56. The molecule has 0 spiro atoms. The molecule has 8 nitrogen and oxygen atoms in total. The number of hydrogen-bond donors (Lipinski definition) is 2. The van der Waals surface area contributed by atoms with Crippen LogP contribution in [0.25, 0.3) is 0 Å². The van der Waals surface area contributed by atoms with Crippen molar-refractivity contribution in [1.82, 2.24) is 15.0 Å². The van der Waals surface area contributed by atoms with Crippen molar-refractivity contribution < 1.29 is 4.74 Å². The summed E-state index contributed by atoms with van der Waals surface area (Å²) in [6.07, 6.45) is 0. The van der Waals surface area contributed by atoms with E-state index in [-0.39, 0.29) is 0 Å². The molecule has 1 saturated heterocycles. The van der Waals surface area contributed by atoms with Crippen LogP contribution in [0.1, 0.15) is 18.1 Å². The van der Waals surface area contributed by atoms with Crippen LogP contribution in [-0.4, -0.2) is 47.0 Å². The van der Waals surface area contributed by atoms with E-state index < -0.39 is 0 Å². The van der Waals surface area contributed by atoms with Crippen LogP contribution in [-0.2, 0) is 4.74 Å². The highest BCUT2D eigenvalue weighted by Crippen LogP contribution is 2.26. The zero-order chi connectivity index (χ0) is 22.5. The largest absolute Gasteiger partial charge is 0.378 e. The second-order valence-electron chi connectivity index (χ2n) is 7.31. The fourth-order valence-corrected chi connectivity index (χ4v) is 3.96. The molecule has 0 bridgehead atoms. The van der Waals surface area contributed by atoms with Crippen molar-refractivity contribution in [3.05, 3.63) is 62.5 Å². The molecule has 0 unspecified atom stereocenters. The van der Waals surface area contributed by atoms with E-state index in [2.05, 4.69) is 67.6 Å². The first-order valence-electron chi connectivity index (χ1n) is 10.2. The van der Waals surface area contributed by atoms with E-state index in [0.29, 0.717) is 31.1 Å². The first kappa shape index (κ1) is 22.6. The Morgan fingerprint density at radius 2 is 1.72 bits per heavy atom. The average Bonchev–Trinajstić information content (AvgIpc) is 2.80. The van der Waals surface area contributed by atoms with Gasteiger partial charge in [-0.3, -0.25) is 0 Å². The van der Waals surface area contributed by atoms with Gasteiger partial charge >= 0.3 is 0 Å². The Morgan fingerprint density at radius 1 is 1.00 bits per heavy atom. The number of anilines is 4. The SMILES string of the molecule is C/C(=N\Nc1nc(Nc2ccc(C)cc2Br)nc(N2CCOCC2)n1)c1ccc(Br)cc1. The minimum absolute atomic E-state index is 0.365. The van der Waals surface area contributed by atoms with Crippen LogP contribution in [0.5, 0.6) is 0 Å². The molecule has 0 aliphatic carbocycles. The van der Waals surface area contributed by atoms with Gasteiger partial charge in [0.15, 0.2) is 0 Å². The molecular weight excluding hydrogens is 538 g/mol. The fraction of sp³-hybridized carbons (Fsp3) is 0.273. The molecule has 1 aromatic heterocycles. The first-order chi connectivity index (χ1) is 15.5. The third-order valence-corrected chi connectivity index (χ3v) is 6.06. The molecule has 0 radical (unpaired) electrons. The van der Waals surface area contributed by atoms with Crippen LogP contribution in [0, 0.1) is 6.92 Å². The van der Waals surface area contributed by atoms with Gasteiger partial charge in [-0.1, -0.05) is 34.1 Å². The number of aromatic nitrogens is 3. The van der Waals surface area contributed by atoms with Crippen molar-refractivity contribution in [2.45, 2.75) is 13.8 Å². The van der Waals surface area contributed by atoms with Gasteiger partial charge in [0, 0.05) is 22.0 Å². The van der Waals surface area contributed by atoms with E-state index >= 15 is 0 Å². The first-order valence-corrected chi connectivity index (χ1v) is 11.7. The van der Waals surface area contributed by atoms with Gasteiger partial charge in [0.05, 0.1) is 24.6 Å². The van der Waals surface area contributed by atoms with Crippen LogP contribution < -0.4 is 15.6 Å². The summed E-state index contributed by atoms with van der Waals surface area (Å²) in [6.45, 7) is 6.70. The Kier molecular flexibility index (Phi) is 7.33. The van der Waals surface area contributed by atoms with Gasteiger partial charge < -0.3 is 15.0 Å². The number of hydrazone groups is 1. The van der Waals surface area contributed by atoms with Crippen LogP contribution in [0.15, 0.2) is 56.5 Å². The van der Waals surface area contributed by atoms with Crippen molar-refractivity contribution in [3.8, 4) is 0 Å². The number of nitrogens with zero attached hydrogens (tertiary/aromatic N) is 5. The molecular formula is C22H23Br2N7O. The van der Waals surface area contributed by atoms with Crippen molar-refractivity contribution >= 4 is 61.1 Å². The summed E-state index contributed by atoms with van der Waals surface area (Å²) >= 11 is 7.05. The Morgan fingerprint density at radius 3 is 2.44 bits per heavy atom. The second kappa shape index (κ2) is 10.4. The standard InChI is InChI=1S/C22H23Br2N7O/c1-14-3-8-19(18(24)13-14)25-20-26-21(28-22(27-20)31-9-11-32-12-10-31)30-29-15(2)16-4-6-17(23)7-5-16/h3-8,13H,9-12H2,1-2H3,(H2,25,26,27,28,30)/b29-15+. The average molecular weight is 561 g/mol. The normalized spacial score (nSPS) is 14.4. The molecule has 0 atom stereocenters. The summed E-state index contributed by atoms with van der Waals surface area (Å²) in [6, 6.07) is 14.0. The van der Waals surface area contributed by atoms with Crippen molar-refractivity contribution in [2.24, 2.45) is 5.10 Å². The molecule has 1 aliphatic heterocycles. The van der Waals surface area contributed by atoms with Crippen LogP contribution >= 0.6 is 31.9 Å². The van der Waals surface area contributed by atoms with Gasteiger partial charge in [-0.25, -0.2) is 5.43 Å². The number of benzene rings is 2. The van der Waals surface area contributed by atoms with Gasteiger partial charge in [0.25, 0.3) is 0 Å². The third kappa shape index (κ3) is 5.81. The van der Waals surface area contributed by atoms with Gasteiger partial charge in [0.2, 0.25) is 17.8 Å². The lowest BCUT2D eigenvalue weighted by Gasteiger charge is -2.27. The number of halogens is 2. The summed E-state index contributed by atoms with van der Waals surface area (Å²) < 4.78 is 7.42. The van der Waals surface area contributed by atoms with E-state index in [1.165, 1.54) is 0 Å². The molecule has 2 heterocycles. The highest BCUT2D eigenvalue weighted by atomic mass is 79.9. The lowest BCUT2D eigenvalue weighted by Crippen LogP contribution is -2.37. The van der Waals surface area contributed by atoms with Gasteiger partial charge in [-0.2, -0.15) is 20.1 Å². The number of ether oxygens (including phenoxy) is 1. The lowest BCUT2D eigenvalue weighted by molar-refractivity contribution is 0.122. The Balaban J connectivity index is 1.62. The van der Waals surface area contributed by atoms with E-state index in [9.17, 15) is 0 Å². The number of hydrogen-bond acceptors (Lipinski definition) is 8. The predicted molar refractivity (Wildman–Crippen MR) is 135 cm³/mol. The predicted octanol–water partition coefficient (Wildman–Crippen LogP) is 5.12. The van der Waals surface area contributed by atoms with Crippen LogP contribution in [0.3, 0.4) is 0 Å². The summed E-state index contributed by atoms with van der Waals surface area (Å²) in [5.41, 5.74) is 6.85. The molecule has 4 rings (SSSR count). The summed E-state index contributed by atoms with van der Waals surface area (Å²) in [7, 11) is 0. The van der Waals surface area contributed by atoms with Gasteiger partial charge in [-0.15, -0.1) is 0 Å². The topological polar surface area (TPSA) is 87.6 Å². The molecule has 0 amide bonds. The van der Waals surface area contributed by atoms with Gasteiger partial charge in [0.1, 0.15) is 0 Å². The number of nitrogens with one attached hydrogen (secondary N) is 2. The maximum Gasteiger partial charge on any atom is 0.250 e. The minimum atomic E-state index is 0.365. The van der Waals surface area contributed by atoms with Crippen LogP contribution in [0.2, 0.25) is 0 Å². The molecule has 10 heteroatoms.